The van der Waals surface area contributed by atoms with Crippen molar-refractivity contribution in [2.45, 2.75) is 64.4 Å². The third kappa shape index (κ3) is 8.00. The number of ether oxygens (including phenoxy) is 3. The second-order valence-electron chi connectivity index (χ2n) is 12.3. The highest BCUT2D eigenvalue weighted by Crippen LogP contribution is 2.51. The SMILES string of the molecule is COC(=O)[C@]12C[C@H](CC(=O)NCCCN3CCCC3=O)C(=O)N(Cc3ccc(Cl)cc3Cl)C1=C[C@H](COCc1ccccc1)O[C@@H]2C. The van der Waals surface area contributed by atoms with Gasteiger partial charge in [0.15, 0.2) is 0 Å². The molecule has 2 fully saturated rings. The molecule has 3 amide bonds. The number of nitrogens with one attached hydrogen (secondary N) is 1. The zero-order valence-corrected chi connectivity index (χ0v) is 28.2. The van der Waals surface area contributed by atoms with Crippen molar-refractivity contribution in [3.63, 3.8) is 0 Å². The van der Waals surface area contributed by atoms with Crippen LogP contribution in [0.3, 0.4) is 0 Å². The summed E-state index contributed by atoms with van der Waals surface area (Å²) in [6, 6.07) is 14.8. The van der Waals surface area contributed by atoms with Crippen molar-refractivity contribution in [2.75, 3.05) is 33.4 Å². The summed E-state index contributed by atoms with van der Waals surface area (Å²) in [6.45, 7) is 4.07. The number of nitrogens with zero attached hydrogens (tertiary/aromatic N) is 2. The molecular weight excluding hydrogens is 645 g/mol. The average molecular weight is 687 g/mol. The van der Waals surface area contributed by atoms with Crippen LogP contribution in [0.2, 0.25) is 10.0 Å². The predicted molar refractivity (Wildman–Crippen MR) is 176 cm³/mol. The number of carbonyl (C=O) groups excluding carboxylic acids is 4. The Labute approximate surface area is 285 Å². The van der Waals surface area contributed by atoms with E-state index in [-0.39, 0.29) is 43.7 Å². The molecule has 5 rings (SSSR count). The Morgan fingerprint density at radius 1 is 1.13 bits per heavy atom. The van der Waals surface area contributed by atoms with Crippen LogP contribution < -0.4 is 5.32 Å². The van der Waals surface area contributed by atoms with Gasteiger partial charge in [0, 0.05) is 54.1 Å². The molecule has 0 radical (unpaired) electrons. The highest BCUT2D eigenvalue weighted by atomic mass is 35.5. The predicted octanol–water partition coefficient (Wildman–Crippen LogP) is 4.91. The largest absolute Gasteiger partial charge is 0.468 e. The number of likely N-dealkylation sites (tertiary alicyclic amines) is 2. The standard InChI is InChI=1S/C35H41Cl2N3O7/c1-23-35(34(44)45-2)19-26(16-31(41)38-13-7-15-39-14-6-10-32(39)42)33(43)40(20-25-11-12-27(36)17-29(25)37)30(35)18-28(47-23)22-46-21-24-8-4-3-5-9-24/h3-5,8-9,11-12,17-18,23,26,28H,6-7,10,13-16,19-22H2,1-2H3,(H,38,41)/t23-,26+,28-,35+/m1/s1. The maximum Gasteiger partial charge on any atom is 0.320 e. The summed E-state index contributed by atoms with van der Waals surface area (Å²) in [4.78, 5) is 56.4. The summed E-state index contributed by atoms with van der Waals surface area (Å²) in [5, 5.41) is 3.71. The molecular formula is C35H41Cl2N3O7. The molecule has 0 unspecified atom stereocenters. The van der Waals surface area contributed by atoms with E-state index >= 15 is 0 Å². The van der Waals surface area contributed by atoms with Crippen molar-refractivity contribution in [1.29, 1.82) is 0 Å². The summed E-state index contributed by atoms with van der Waals surface area (Å²) in [6.07, 6.45) is 2.43. The van der Waals surface area contributed by atoms with E-state index in [9.17, 15) is 19.2 Å². The molecule has 0 saturated carbocycles. The Hall–Kier alpha value is -3.44. The molecule has 1 N–H and O–H groups in total. The van der Waals surface area contributed by atoms with Gasteiger partial charge in [-0.15, -0.1) is 0 Å². The van der Waals surface area contributed by atoms with Gasteiger partial charge in [-0.25, -0.2) is 0 Å². The number of esters is 1. The van der Waals surface area contributed by atoms with Gasteiger partial charge in [-0.3, -0.25) is 19.2 Å². The highest BCUT2D eigenvalue weighted by Gasteiger charge is 2.59. The monoisotopic (exact) mass is 685 g/mol. The Bertz CT molecular complexity index is 1500. The summed E-state index contributed by atoms with van der Waals surface area (Å²) >= 11 is 12.7. The zero-order valence-electron chi connectivity index (χ0n) is 26.7. The molecule has 47 heavy (non-hydrogen) atoms. The van der Waals surface area contributed by atoms with E-state index in [4.69, 9.17) is 37.4 Å². The second-order valence-corrected chi connectivity index (χ2v) is 13.1. The van der Waals surface area contributed by atoms with Crippen LogP contribution in [0.15, 0.2) is 60.3 Å². The van der Waals surface area contributed by atoms with E-state index in [1.807, 2.05) is 30.3 Å². The summed E-state index contributed by atoms with van der Waals surface area (Å²) < 4.78 is 17.7. The van der Waals surface area contributed by atoms with Gasteiger partial charge in [-0.05, 0) is 55.5 Å². The fourth-order valence-electron chi connectivity index (χ4n) is 6.73. The summed E-state index contributed by atoms with van der Waals surface area (Å²) in [7, 11) is 1.31. The van der Waals surface area contributed by atoms with E-state index in [1.165, 1.54) is 12.0 Å². The number of rotatable bonds is 13. The lowest BCUT2D eigenvalue weighted by Gasteiger charge is -2.51. The molecule has 3 aliphatic heterocycles. The Morgan fingerprint density at radius 2 is 1.91 bits per heavy atom. The Kier molecular flexibility index (Phi) is 11.6. The van der Waals surface area contributed by atoms with Crippen molar-refractivity contribution in [1.82, 2.24) is 15.1 Å². The fraction of sp³-hybridized carbons (Fsp3) is 0.486. The minimum Gasteiger partial charge on any atom is -0.468 e. The molecule has 12 heteroatoms. The molecule has 3 heterocycles. The molecule has 0 aliphatic carbocycles. The molecule has 0 aromatic heterocycles. The van der Waals surface area contributed by atoms with Crippen LogP contribution in [0.4, 0.5) is 0 Å². The van der Waals surface area contributed by atoms with E-state index in [1.54, 1.807) is 36.1 Å². The van der Waals surface area contributed by atoms with Gasteiger partial charge in [0.2, 0.25) is 17.7 Å². The van der Waals surface area contributed by atoms with Crippen molar-refractivity contribution in [3.8, 4) is 0 Å². The number of benzene rings is 2. The van der Waals surface area contributed by atoms with Gasteiger partial charge >= 0.3 is 5.97 Å². The van der Waals surface area contributed by atoms with Gasteiger partial charge in [0.1, 0.15) is 11.5 Å². The fourth-order valence-corrected chi connectivity index (χ4v) is 7.20. The maximum absolute atomic E-state index is 14.3. The number of halogens is 2. The van der Waals surface area contributed by atoms with Gasteiger partial charge in [0.05, 0.1) is 33.0 Å². The van der Waals surface area contributed by atoms with Crippen molar-refractivity contribution in [3.05, 3.63) is 81.5 Å². The van der Waals surface area contributed by atoms with Gasteiger partial charge in [0.25, 0.3) is 0 Å². The van der Waals surface area contributed by atoms with Crippen LogP contribution in [0.25, 0.3) is 0 Å². The number of methoxy groups -OCH3 is 1. The lowest BCUT2D eigenvalue weighted by molar-refractivity contribution is -0.178. The molecule has 10 nitrogen and oxygen atoms in total. The lowest BCUT2D eigenvalue weighted by Crippen LogP contribution is -2.60. The first-order valence-corrected chi connectivity index (χ1v) is 16.8. The number of fused-ring (bicyclic) bond motifs is 1. The average Bonchev–Trinajstić information content (AvgIpc) is 3.47. The Balaban J connectivity index is 1.38. The van der Waals surface area contributed by atoms with Crippen LogP contribution >= 0.6 is 23.2 Å². The molecule has 3 aliphatic rings. The highest BCUT2D eigenvalue weighted by molar-refractivity contribution is 6.35. The third-order valence-electron chi connectivity index (χ3n) is 9.17. The van der Waals surface area contributed by atoms with Crippen molar-refractivity contribution in [2.24, 2.45) is 11.3 Å². The first kappa shape index (κ1) is 34.9. The number of amides is 3. The van der Waals surface area contributed by atoms with Crippen LogP contribution in [0, 0.1) is 11.3 Å². The topological polar surface area (TPSA) is 114 Å². The first-order chi connectivity index (χ1) is 22.6. The van der Waals surface area contributed by atoms with Gasteiger partial charge < -0.3 is 29.3 Å². The smallest absolute Gasteiger partial charge is 0.320 e. The molecule has 0 spiro atoms. The maximum atomic E-state index is 14.3. The van der Waals surface area contributed by atoms with Crippen LogP contribution in [0.1, 0.15) is 50.2 Å². The second kappa shape index (κ2) is 15.6. The molecule has 2 aromatic rings. The number of carbonyl (C=O) groups is 4. The first-order valence-electron chi connectivity index (χ1n) is 16.0. The van der Waals surface area contributed by atoms with E-state index in [0.29, 0.717) is 53.8 Å². The summed E-state index contributed by atoms with van der Waals surface area (Å²) in [5.74, 6) is -1.88. The number of hydrogen-bond acceptors (Lipinski definition) is 7. The van der Waals surface area contributed by atoms with Crippen LogP contribution in [0.5, 0.6) is 0 Å². The minimum atomic E-state index is -1.36. The summed E-state index contributed by atoms with van der Waals surface area (Å²) in [5.41, 5.74) is 0.713. The normalized spacial score (nSPS) is 24.2. The third-order valence-corrected chi connectivity index (χ3v) is 9.75. The van der Waals surface area contributed by atoms with E-state index in [2.05, 4.69) is 5.32 Å². The molecule has 252 valence electrons. The molecule has 0 bridgehead atoms. The number of piperidine rings is 1. The van der Waals surface area contributed by atoms with Gasteiger partial charge in [-0.2, -0.15) is 0 Å². The molecule has 2 aromatic carbocycles. The molecule has 4 atom stereocenters. The minimum absolute atomic E-state index is 0.0314. The van der Waals surface area contributed by atoms with E-state index in [0.717, 1.165) is 18.5 Å². The lowest BCUT2D eigenvalue weighted by atomic mass is 9.66. The molecule has 2 saturated heterocycles. The van der Waals surface area contributed by atoms with Crippen LogP contribution in [-0.2, 0) is 46.5 Å². The quantitative estimate of drug-likeness (QED) is 0.236. The Morgan fingerprint density at radius 3 is 2.62 bits per heavy atom. The van der Waals surface area contributed by atoms with Crippen molar-refractivity contribution < 1.29 is 33.4 Å². The zero-order chi connectivity index (χ0) is 33.6. The van der Waals surface area contributed by atoms with Crippen molar-refractivity contribution >= 4 is 46.9 Å². The number of hydrogen-bond donors (Lipinski definition) is 1. The van der Waals surface area contributed by atoms with Crippen LogP contribution in [-0.4, -0.2) is 79.0 Å². The van der Waals surface area contributed by atoms with Gasteiger partial charge in [-0.1, -0.05) is 59.6 Å². The van der Waals surface area contributed by atoms with E-state index < -0.39 is 29.5 Å².